The van der Waals surface area contributed by atoms with Crippen molar-refractivity contribution in [3.8, 4) is 23.0 Å². The zero-order valence-corrected chi connectivity index (χ0v) is 26.7. The lowest BCUT2D eigenvalue weighted by Crippen LogP contribution is -2.43. The molecule has 9 nitrogen and oxygen atoms in total. The van der Waals surface area contributed by atoms with Crippen molar-refractivity contribution < 1.29 is 27.8 Å². The SMILES string of the molecule is CCc1c(F)ccc2cc(O)cc(-c3ncc4c(N5CCCC[C@@H](NC(C)=O)C5)nc(OC[C@@]56CCCN5C[C@H](F)C6)nc4c3F)c12. The van der Waals surface area contributed by atoms with Gasteiger partial charge >= 0.3 is 6.01 Å². The van der Waals surface area contributed by atoms with E-state index >= 15 is 4.39 Å². The Labute approximate surface area is 271 Å². The maximum atomic E-state index is 16.9. The normalized spacial score (nSPS) is 23.3. The number of carbonyl (C=O) groups is 1. The van der Waals surface area contributed by atoms with Crippen LogP contribution < -0.4 is 15.0 Å². The molecule has 0 radical (unpaired) electrons. The third-order valence-electron chi connectivity index (χ3n) is 10.0. The van der Waals surface area contributed by atoms with Crippen molar-refractivity contribution in [2.75, 3.05) is 37.7 Å². The molecule has 4 aromatic rings. The fraction of sp³-hybridized carbons (Fsp3) is 0.486. The summed E-state index contributed by atoms with van der Waals surface area (Å²) in [5.74, 6) is -0.989. The van der Waals surface area contributed by atoms with Gasteiger partial charge in [-0.2, -0.15) is 9.97 Å². The van der Waals surface area contributed by atoms with Gasteiger partial charge in [0, 0.05) is 50.8 Å². The molecule has 3 atom stereocenters. The Kier molecular flexibility index (Phi) is 8.32. The van der Waals surface area contributed by atoms with Gasteiger partial charge < -0.3 is 20.1 Å². The third kappa shape index (κ3) is 5.81. The largest absolute Gasteiger partial charge is 0.508 e. The predicted molar refractivity (Wildman–Crippen MR) is 173 cm³/mol. The zero-order chi connectivity index (χ0) is 32.9. The van der Waals surface area contributed by atoms with Crippen molar-refractivity contribution in [3.05, 3.63) is 47.7 Å². The molecule has 2 aromatic heterocycles. The molecular weight excluding hydrogens is 609 g/mol. The molecule has 0 bridgehead atoms. The van der Waals surface area contributed by atoms with Crippen LogP contribution in [0.4, 0.5) is 19.0 Å². The number of phenolic OH excluding ortho intramolecular Hbond substituents is 1. The number of phenols is 1. The fourth-order valence-electron chi connectivity index (χ4n) is 7.93. The number of anilines is 1. The zero-order valence-electron chi connectivity index (χ0n) is 26.7. The smallest absolute Gasteiger partial charge is 0.319 e. The molecular formula is C35H39F3N6O3. The van der Waals surface area contributed by atoms with Crippen molar-refractivity contribution in [1.82, 2.24) is 25.2 Å². The van der Waals surface area contributed by atoms with Crippen molar-refractivity contribution in [3.63, 3.8) is 0 Å². The first kappa shape index (κ1) is 31.4. The van der Waals surface area contributed by atoms with Crippen LogP contribution in [0.1, 0.15) is 57.9 Å². The van der Waals surface area contributed by atoms with E-state index in [0.717, 1.165) is 38.6 Å². The Morgan fingerprint density at radius 2 is 2.00 bits per heavy atom. The maximum Gasteiger partial charge on any atom is 0.319 e. The third-order valence-corrected chi connectivity index (χ3v) is 10.0. The number of hydrogen-bond acceptors (Lipinski definition) is 8. The molecule has 3 aliphatic heterocycles. The van der Waals surface area contributed by atoms with Crippen molar-refractivity contribution in [1.29, 1.82) is 0 Å². The first-order chi connectivity index (χ1) is 22.7. The van der Waals surface area contributed by atoms with Crippen LogP contribution in [-0.4, -0.2) is 81.4 Å². The second-order valence-electron chi connectivity index (χ2n) is 13.2. The van der Waals surface area contributed by atoms with E-state index < -0.39 is 23.3 Å². The molecule has 0 unspecified atom stereocenters. The van der Waals surface area contributed by atoms with Crippen LogP contribution in [0.25, 0.3) is 32.9 Å². The number of benzene rings is 2. The molecule has 3 aliphatic rings. The molecule has 2 N–H and O–H groups in total. The van der Waals surface area contributed by atoms with Gasteiger partial charge in [-0.15, -0.1) is 0 Å². The van der Waals surface area contributed by atoms with Gasteiger partial charge in [0.2, 0.25) is 5.91 Å². The number of aromatic hydroxyl groups is 1. The minimum Gasteiger partial charge on any atom is -0.508 e. The number of nitrogens with zero attached hydrogens (tertiary/aromatic N) is 5. The minimum absolute atomic E-state index is 0.0307. The number of amides is 1. The average Bonchev–Trinajstić information content (AvgIpc) is 3.46. The molecule has 248 valence electrons. The van der Waals surface area contributed by atoms with Gasteiger partial charge in [-0.1, -0.05) is 13.0 Å². The topological polar surface area (TPSA) is 104 Å². The lowest BCUT2D eigenvalue weighted by atomic mass is 9.94. The van der Waals surface area contributed by atoms with E-state index in [2.05, 4.69) is 20.2 Å². The molecule has 0 saturated carbocycles. The van der Waals surface area contributed by atoms with E-state index in [1.165, 1.54) is 31.3 Å². The van der Waals surface area contributed by atoms with Gasteiger partial charge in [-0.25, -0.2) is 13.2 Å². The maximum absolute atomic E-state index is 16.9. The van der Waals surface area contributed by atoms with E-state index in [1.807, 2.05) is 11.8 Å². The highest BCUT2D eigenvalue weighted by Crippen LogP contribution is 2.42. The Bertz CT molecular complexity index is 1860. The standard InChI is InChI=1S/C35H39F3N6O3/c1-3-25-28(37)9-8-21-13-24(46)14-26(29(21)25)31-30(38)32-27(16-39-31)33(43-11-5-4-7-23(18-43)40-20(2)45)42-34(41-32)47-19-35-10-6-12-44(35)17-22(36)15-35/h8-9,13-14,16,22-23,46H,3-7,10-12,15,17-19H2,1-2H3,(H,40,45)/t22-,23-,35+/m1/s1. The first-order valence-corrected chi connectivity index (χ1v) is 16.5. The van der Waals surface area contributed by atoms with Crippen molar-refractivity contribution in [2.45, 2.75) is 76.5 Å². The molecule has 47 heavy (non-hydrogen) atoms. The van der Waals surface area contributed by atoms with Crippen LogP contribution >= 0.6 is 0 Å². The Morgan fingerprint density at radius 1 is 1.15 bits per heavy atom. The highest BCUT2D eigenvalue weighted by atomic mass is 19.1. The fourth-order valence-corrected chi connectivity index (χ4v) is 7.93. The summed E-state index contributed by atoms with van der Waals surface area (Å²) in [6.07, 6.45) is 5.55. The Morgan fingerprint density at radius 3 is 2.81 bits per heavy atom. The number of hydrogen-bond donors (Lipinski definition) is 2. The van der Waals surface area contributed by atoms with E-state index in [9.17, 15) is 18.7 Å². The van der Waals surface area contributed by atoms with Crippen molar-refractivity contribution >= 4 is 33.4 Å². The van der Waals surface area contributed by atoms with E-state index in [1.54, 1.807) is 6.07 Å². The molecule has 12 heteroatoms. The number of pyridine rings is 1. The summed E-state index contributed by atoms with van der Waals surface area (Å²) in [6.45, 7) is 5.70. The number of fused-ring (bicyclic) bond motifs is 3. The quantitative estimate of drug-likeness (QED) is 0.258. The lowest BCUT2D eigenvalue weighted by Gasteiger charge is -2.31. The van der Waals surface area contributed by atoms with Gasteiger partial charge in [0.25, 0.3) is 0 Å². The number of nitrogens with one attached hydrogen (secondary N) is 1. The molecule has 5 heterocycles. The summed E-state index contributed by atoms with van der Waals surface area (Å²) >= 11 is 0. The second-order valence-corrected chi connectivity index (χ2v) is 13.2. The predicted octanol–water partition coefficient (Wildman–Crippen LogP) is 5.84. The number of aryl methyl sites for hydroxylation is 1. The monoisotopic (exact) mass is 648 g/mol. The number of ether oxygens (including phenoxy) is 1. The van der Waals surface area contributed by atoms with Crippen LogP contribution in [0, 0.1) is 11.6 Å². The Hall–Kier alpha value is -4.19. The number of carbonyl (C=O) groups excluding carboxylic acids is 1. The van der Waals surface area contributed by atoms with Gasteiger partial charge in [-0.05, 0) is 79.6 Å². The van der Waals surface area contributed by atoms with Crippen LogP contribution in [0.5, 0.6) is 11.8 Å². The average molecular weight is 649 g/mol. The molecule has 7 rings (SSSR count). The summed E-state index contributed by atoms with van der Waals surface area (Å²) < 4.78 is 52.6. The number of alkyl halides is 1. The summed E-state index contributed by atoms with van der Waals surface area (Å²) in [6, 6.07) is 5.64. The highest BCUT2D eigenvalue weighted by molar-refractivity contribution is 6.01. The molecule has 3 saturated heterocycles. The molecule has 2 aromatic carbocycles. The number of halogens is 3. The molecule has 1 amide bonds. The number of aromatic nitrogens is 3. The highest BCUT2D eigenvalue weighted by Gasteiger charge is 2.49. The van der Waals surface area contributed by atoms with Gasteiger partial charge in [0.15, 0.2) is 5.82 Å². The van der Waals surface area contributed by atoms with Crippen molar-refractivity contribution in [2.24, 2.45) is 0 Å². The summed E-state index contributed by atoms with van der Waals surface area (Å²) in [7, 11) is 0. The summed E-state index contributed by atoms with van der Waals surface area (Å²) in [4.78, 5) is 30.0. The van der Waals surface area contributed by atoms with Gasteiger partial charge in [0.05, 0.1) is 10.9 Å². The van der Waals surface area contributed by atoms with Crippen LogP contribution in [0.15, 0.2) is 30.5 Å². The van der Waals surface area contributed by atoms with E-state index in [0.29, 0.717) is 60.0 Å². The van der Waals surface area contributed by atoms with Gasteiger partial charge in [-0.3, -0.25) is 14.7 Å². The van der Waals surface area contributed by atoms with Gasteiger partial charge in [0.1, 0.15) is 41.4 Å². The van der Waals surface area contributed by atoms with E-state index in [4.69, 9.17) is 9.72 Å². The lowest BCUT2D eigenvalue weighted by molar-refractivity contribution is -0.119. The van der Waals surface area contributed by atoms with E-state index in [-0.39, 0.29) is 47.1 Å². The van der Waals surface area contributed by atoms with Crippen LogP contribution in [0.2, 0.25) is 0 Å². The molecule has 3 fully saturated rings. The molecule has 0 spiro atoms. The molecule has 0 aliphatic carbocycles. The first-order valence-electron chi connectivity index (χ1n) is 16.5. The van der Waals surface area contributed by atoms with Crippen LogP contribution in [0.3, 0.4) is 0 Å². The summed E-state index contributed by atoms with van der Waals surface area (Å²) in [5, 5.41) is 15.0. The Balaban J connectivity index is 1.37. The minimum atomic E-state index is -0.934. The summed E-state index contributed by atoms with van der Waals surface area (Å²) in [5.41, 5.74) is 0.0667. The second kappa shape index (κ2) is 12.4. The van der Waals surface area contributed by atoms with Crippen LogP contribution in [-0.2, 0) is 11.2 Å². The number of rotatable bonds is 7.